The monoisotopic (exact) mass is 444 g/mol. The Kier molecular flexibility index (Phi) is 10.4. The number of aliphatic imine (C=N–C) groups is 1. The van der Waals surface area contributed by atoms with E-state index >= 15 is 0 Å². The van der Waals surface area contributed by atoms with Crippen LogP contribution < -0.4 is 10.6 Å². The molecule has 2 N–H and O–H groups in total. The van der Waals surface area contributed by atoms with Crippen molar-refractivity contribution in [1.82, 2.24) is 15.2 Å². The fourth-order valence-corrected chi connectivity index (χ4v) is 2.05. The Labute approximate surface area is 149 Å². The summed E-state index contributed by atoms with van der Waals surface area (Å²) in [4.78, 5) is 4.10. The fourth-order valence-electron chi connectivity index (χ4n) is 1.63. The lowest BCUT2D eigenvalue weighted by molar-refractivity contribution is 0.154. The minimum Gasteiger partial charge on any atom is -0.379 e. The quantitative estimate of drug-likeness (QED) is 0.262. The van der Waals surface area contributed by atoms with Gasteiger partial charge >= 0.3 is 0 Å². The van der Waals surface area contributed by atoms with Gasteiger partial charge in [0.05, 0.1) is 19.0 Å². The van der Waals surface area contributed by atoms with E-state index in [1.807, 2.05) is 30.1 Å². The molecule has 0 radical (unpaired) electrons. The standard InChI is InChI=1S/C13H24N4O3S.HI/c1-14-13(16-10-12-4-6-17(2)11-12)15-5-7-20-8-9-21(3,18)19;/h4,6,11H,5,7-10H2,1-3H3,(H2,14,15,16);1H. The number of hydrogen-bond donors (Lipinski definition) is 2. The van der Waals surface area contributed by atoms with E-state index in [0.29, 0.717) is 25.7 Å². The summed E-state index contributed by atoms with van der Waals surface area (Å²) in [5.41, 5.74) is 1.17. The summed E-state index contributed by atoms with van der Waals surface area (Å²) in [6.07, 6.45) is 5.22. The van der Waals surface area contributed by atoms with E-state index < -0.39 is 9.84 Å². The number of nitrogens with one attached hydrogen (secondary N) is 2. The van der Waals surface area contributed by atoms with Gasteiger partial charge in [-0.05, 0) is 11.6 Å². The molecule has 0 unspecified atom stereocenters. The fraction of sp³-hybridized carbons (Fsp3) is 0.615. The maximum atomic E-state index is 10.9. The highest BCUT2D eigenvalue weighted by Crippen LogP contribution is 1.97. The number of nitrogens with zero attached hydrogens (tertiary/aromatic N) is 2. The summed E-state index contributed by atoms with van der Waals surface area (Å²) in [5, 5.41) is 6.29. The third kappa shape index (κ3) is 10.0. The Balaban J connectivity index is 0.00000441. The molecular formula is C13H25IN4O3S. The Hall–Kier alpha value is -0.810. The highest BCUT2D eigenvalue weighted by Gasteiger charge is 2.02. The molecule has 1 heterocycles. The van der Waals surface area contributed by atoms with Crippen LogP contribution in [0.2, 0.25) is 0 Å². The normalized spacial score (nSPS) is 11.9. The summed E-state index contributed by atoms with van der Waals surface area (Å²) in [5.74, 6) is 0.735. The van der Waals surface area contributed by atoms with Gasteiger partial charge in [0.2, 0.25) is 0 Å². The Morgan fingerprint density at radius 3 is 2.64 bits per heavy atom. The minimum atomic E-state index is -2.95. The van der Waals surface area contributed by atoms with Crippen molar-refractivity contribution in [3.63, 3.8) is 0 Å². The third-order valence-corrected chi connectivity index (χ3v) is 3.62. The molecule has 0 spiro atoms. The van der Waals surface area contributed by atoms with Crippen LogP contribution in [0.1, 0.15) is 5.56 Å². The van der Waals surface area contributed by atoms with Gasteiger partial charge in [-0.2, -0.15) is 0 Å². The number of halogens is 1. The van der Waals surface area contributed by atoms with Crippen LogP contribution >= 0.6 is 24.0 Å². The first-order chi connectivity index (χ1) is 9.90. The smallest absolute Gasteiger partial charge is 0.191 e. The SMILES string of the molecule is CN=C(NCCOCCS(C)(=O)=O)NCc1ccn(C)c1.I. The Morgan fingerprint density at radius 1 is 1.36 bits per heavy atom. The molecule has 0 bridgehead atoms. The van der Waals surface area contributed by atoms with Gasteiger partial charge in [0, 0.05) is 45.8 Å². The summed E-state index contributed by atoms with van der Waals surface area (Å²) in [7, 11) is 0.723. The van der Waals surface area contributed by atoms with Crippen molar-refractivity contribution >= 4 is 39.8 Å². The predicted octanol–water partition coefficient (Wildman–Crippen LogP) is 0.369. The van der Waals surface area contributed by atoms with E-state index in [4.69, 9.17) is 4.74 Å². The van der Waals surface area contributed by atoms with Gasteiger partial charge in [0.15, 0.2) is 5.96 Å². The van der Waals surface area contributed by atoms with E-state index in [0.717, 1.165) is 0 Å². The van der Waals surface area contributed by atoms with Crippen LogP contribution in [0.15, 0.2) is 23.5 Å². The van der Waals surface area contributed by atoms with Crippen molar-refractivity contribution in [1.29, 1.82) is 0 Å². The molecule has 0 amide bonds. The molecule has 7 nitrogen and oxygen atoms in total. The predicted molar refractivity (Wildman–Crippen MR) is 99.6 cm³/mol. The van der Waals surface area contributed by atoms with E-state index in [1.165, 1.54) is 11.8 Å². The first-order valence-corrected chi connectivity index (χ1v) is 8.77. The van der Waals surface area contributed by atoms with Crippen LogP contribution in [0.25, 0.3) is 0 Å². The third-order valence-electron chi connectivity index (χ3n) is 2.71. The largest absolute Gasteiger partial charge is 0.379 e. The van der Waals surface area contributed by atoms with Crippen molar-refractivity contribution in [2.45, 2.75) is 6.54 Å². The number of hydrogen-bond acceptors (Lipinski definition) is 4. The first kappa shape index (κ1) is 21.2. The molecule has 9 heteroatoms. The maximum Gasteiger partial charge on any atom is 0.191 e. The van der Waals surface area contributed by atoms with Crippen molar-refractivity contribution < 1.29 is 13.2 Å². The van der Waals surface area contributed by atoms with Gasteiger partial charge in [0.25, 0.3) is 0 Å². The average Bonchev–Trinajstić information content (AvgIpc) is 2.81. The van der Waals surface area contributed by atoms with E-state index in [1.54, 1.807) is 7.05 Å². The highest BCUT2D eigenvalue weighted by atomic mass is 127. The van der Waals surface area contributed by atoms with Crippen molar-refractivity contribution in [3.05, 3.63) is 24.0 Å². The number of aromatic nitrogens is 1. The molecular weight excluding hydrogens is 419 g/mol. The number of ether oxygens (including phenoxy) is 1. The minimum absolute atomic E-state index is 0. The second-order valence-electron chi connectivity index (χ2n) is 4.78. The van der Waals surface area contributed by atoms with Crippen LogP contribution in [0.4, 0.5) is 0 Å². The van der Waals surface area contributed by atoms with E-state index in [-0.39, 0.29) is 36.3 Å². The summed E-state index contributed by atoms with van der Waals surface area (Å²) in [6, 6.07) is 2.04. The van der Waals surface area contributed by atoms with Crippen molar-refractivity contribution in [2.75, 3.05) is 38.8 Å². The van der Waals surface area contributed by atoms with Gasteiger partial charge in [0.1, 0.15) is 9.84 Å². The first-order valence-electron chi connectivity index (χ1n) is 6.71. The van der Waals surface area contributed by atoms with Gasteiger partial charge in [-0.15, -0.1) is 24.0 Å². The number of guanidine groups is 1. The molecule has 0 fully saturated rings. The maximum absolute atomic E-state index is 10.9. The zero-order valence-electron chi connectivity index (χ0n) is 13.2. The lowest BCUT2D eigenvalue weighted by atomic mass is 10.3. The van der Waals surface area contributed by atoms with Crippen LogP contribution in [-0.2, 0) is 28.2 Å². The molecule has 128 valence electrons. The van der Waals surface area contributed by atoms with Gasteiger partial charge < -0.3 is 19.9 Å². The average molecular weight is 444 g/mol. The van der Waals surface area contributed by atoms with Crippen molar-refractivity contribution in [2.24, 2.45) is 12.0 Å². The van der Waals surface area contributed by atoms with E-state index in [9.17, 15) is 8.42 Å². The summed E-state index contributed by atoms with van der Waals surface area (Å²) >= 11 is 0. The second-order valence-corrected chi connectivity index (χ2v) is 7.04. The Bertz CT molecular complexity index is 557. The van der Waals surface area contributed by atoms with Gasteiger partial charge in [-0.25, -0.2) is 8.42 Å². The molecule has 0 aliphatic carbocycles. The molecule has 1 aromatic heterocycles. The summed E-state index contributed by atoms with van der Waals surface area (Å²) in [6.45, 7) is 1.91. The molecule has 0 aliphatic rings. The van der Waals surface area contributed by atoms with Crippen molar-refractivity contribution in [3.8, 4) is 0 Å². The zero-order valence-corrected chi connectivity index (χ0v) is 16.4. The lowest BCUT2D eigenvalue weighted by Gasteiger charge is -2.11. The topological polar surface area (TPSA) is 84.7 Å². The molecule has 0 atom stereocenters. The van der Waals surface area contributed by atoms with E-state index in [2.05, 4.69) is 15.6 Å². The van der Waals surface area contributed by atoms with Gasteiger partial charge in [-0.3, -0.25) is 4.99 Å². The molecule has 0 aliphatic heterocycles. The van der Waals surface area contributed by atoms with Gasteiger partial charge in [-0.1, -0.05) is 0 Å². The van der Waals surface area contributed by atoms with Crippen LogP contribution in [0.3, 0.4) is 0 Å². The lowest BCUT2D eigenvalue weighted by Crippen LogP contribution is -2.38. The van der Waals surface area contributed by atoms with Crippen LogP contribution in [0.5, 0.6) is 0 Å². The number of rotatable bonds is 8. The number of aryl methyl sites for hydroxylation is 1. The number of sulfone groups is 1. The zero-order chi connectivity index (χ0) is 15.7. The Morgan fingerprint density at radius 2 is 2.09 bits per heavy atom. The molecule has 0 saturated heterocycles. The summed E-state index contributed by atoms with van der Waals surface area (Å²) < 4.78 is 29.1. The highest BCUT2D eigenvalue weighted by molar-refractivity contribution is 14.0. The van der Waals surface area contributed by atoms with Crippen LogP contribution in [-0.4, -0.2) is 57.8 Å². The second kappa shape index (κ2) is 10.8. The molecule has 1 rings (SSSR count). The molecule has 0 saturated carbocycles. The molecule has 1 aromatic rings. The molecule has 0 aromatic carbocycles. The molecule has 22 heavy (non-hydrogen) atoms. The van der Waals surface area contributed by atoms with Crippen LogP contribution in [0, 0.1) is 0 Å².